The van der Waals surface area contributed by atoms with E-state index in [2.05, 4.69) is 31.0 Å². The van der Waals surface area contributed by atoms with Crippen LogP contribution in [0.2, 0.25) is 0 Å². The van der Waals surface area contributed by atoms with Crippen LogP contribution >= 0.6 is 11.8 Å². The monoisotopic (exact) mass is 320 g/mol. The molecule has 1 aromatic heterocycles. The van der Waals surface area contributed by atoms with Crippen LogP contribution in [0.15, 0.2) is 69.3 Å². The topological polar surface area (TPSA) is 49.8 Å². The maximum Gasteiger partial charge on any atom is 0.205 e. The first kappa shape index (κ1) is 15.4. The number of para-hydroxylation sites is 2. The zero-order valence-electron chi connectivity index (χ0n) is 13.0. The molecule has 3 rings (SSSR count). The number of aromatic nitrogens is 1. The van der Waals surface area contributed by atoms with Gasteiger partial charge in [0.25, 0.3) is 0 Å². The van der Waals surface area contributed by atoms with E-state index in [0.717, 1.165) is 21.6 Å². The standard InChI is InChI=1S/C19H16N2OS/c1-19(2,18-21-16-6-3-4-7-17(16)22-18)14-8-10-15(11-9-14)23-13-5-12-20/h3-11,13H,1-2H3. The first-order chi connectivity index (χ1) is 11.1. The normalized spacial score (nSPS) is 11.9. The van der Waals surface area contributed by atoms with Crippen molar-refractivity contribution >= 4 is 22.9 Å². The van der Waals surface area contributed by atoms with E-state index in [-0.39, 0.29) is 5.41 Å². The first-order valence-corrected chi connectivity index (χ1v) is 8.17. The predicted octanol–water partition coefficient (Wildman–Crippen LogP) is 5.28. The van der Waals surface area contributed by atoms with Crippen molar-refractivity contribution in [2.24, 2.45) is 0 Å². The van der Waals surface area contributed by atoms with E-state index in [9.17, 15) is 0 Å². The fourth-order valence-corrected chi connectivity index (χ4v) is 2.94. The number of hydrogen-bond donors (Lipinski definition) is 0. The van der Waals surface area contributed by atoms with Crippen LogP contribution < -0.4 is 0 Å². The lowest BCUT2D eigenvalue weighted by atomic mass is 9.84. The number of benzene rings is 2. The van der Waals surface area contributed by atoms with Crippen molar-refractivity contribution < 1.29 is 4.42 Å². The van der Waals surface area contributed by atoms with Crippen molar-refractivity contribution in [3.05, 3.63) is 71.5 Å². The summed E-state index contributed by atoms with van der Waals surface area (Å²) in [6.45, 7) is 4.21. The lowest BCUT2D eigenvalue weighted by molar-refractivity contribution is 0.433. The Morgan fingerprint density at radius 1 is 1.13 bits per heavy atom. The van der Waals surface area contributed by atoms with Crippen molar-refractivity contribution in [2.45, 2.75) is 24.2 Å². The third kappa shape index (κ3) is 3.15. The van der Waals surface area contributed by atoms with Gasteiger partial charge in [-0.1, -0.05) is 36.0 Å². The van der Waals surface area contributed by atoms with Crippen molar-refractivity contribution in [3.63, 3.8) is 0 Å². The smallest absolute Gasteiger partial charge is 0.205 e. The van der Waals surface area contributed by atoms with Gasteiger partial charge in [-0.2, -0.15) is 5.26 Å². The SMILES string of the molecule is CC(C)(c1ccc(SC=CC#N)cc1)c1nc2ccccc2o1. The summed E-state index contributed by atoms with van der Waals surface area (Å²) < 4.78 is 5.93. The van der Waals surface area contributed by atoms with Gasteiger partial charge in [0.05, 0.1) is 11.5 Å². The highest BCUT2D eigenvalue weighted by Crippen LogP contribution is 2.34. The third-order valence-electron chi connectivity index (χ3n) is 3.75. The zero-order valence-corrected chi connectivity index (χ0v) is 13.8. The van der Waals surface area contributed by atoms with Gasteiger partial charge in [-0.05, 0) is 49.1 Å². The van der Waals surface area contributed by atoms with Gasteiger partial charge >= 0.3 is 0 Å². The van der Waals surface area contributed by atoms with Gasteiger partial charge < -0.3 is 4.42 Å². The molecule has 0 atom stereocenters. The molecule has 0 bridgehead atoms. The number of fused-ring (bicyclic) bond motifs is 1. The Morgan fingerprint density at radius 2 is 1.87 bits per heavy atom. The second-order valence-corrected chi connectivity index (χ2v) is 6.67. The van der Waals surface area contributed by atoms with Crippen LogP contribution in [0, 0.1) is 11.3 Å². The van der Waals surface area contributed by atoms with Crippen molar-refractivity contribution in [2.75, 3.05) is 0 Å². The number of nitriles is 1. The number of hydrogen-bond acceptors (Lipinski definition) is 4. The number of thioether (sulfide) groups is 1. The average Bonchev–Trinajstić information content (AvgIpc) is 3.00. The van der Waals surface area contributed by atoms with E-state index in [1.165, 1.54) is 17.8 Å². The quantitative estimate of drug-likeness (QED) is 0.484. The molecule has 2 aromatic carbocycles. The Bertz CT molecular complexity index is 853. The second-order valence-electron chi connectivity index (χ2n) is 5.69. The van der Waals surface area contributed by atoms with E-state index in [4.69, 9.17) is 9.68 Å². The number of allylic oxidation sites excluding steroid dienone is 1. The molecule has 0 aliphatic heterocycles. The van der Waals surface area contributed by atoms with Gasteiger partial charge in [0.15, 0.2) is 5.58 Å². The molecular weight excluding hydrogens is 304 g/mol. The minimum atomic E-state index is -0.315. The lowest BCUT2D eigenvalue weighted by Gasteiger charge is -2.21. The highest BCUT2D eigenvalue weighted by molar-refractivity contribution is 8.02. The summed E-state index contributed by atoms with van der Waals surface area (Å²) in [7, 11) is 0. The van der Waals surface area contributed by atoms with Crippen LogP contribution in [0.4, 0.5) is 0 Å². The maximum atomic E-state index is 8.51. The molecule has 0 radical (unpaired) electrons. The fourth-order valence-electron chi connectivity index (χ4n) is 2.36. The van der Waals surface area contributed by atoms with Crippen molar-refractivity contribution in [1.29, 1.82) is 5.26 Å². The Labute approximate surface area is 139 Å². The van der Waals surface area contributed by atoms with E-state index >= 15 is 0 Å². The molecule has 3 aromatic rings. The molecule has 0 aliphatic rings. The highest BCUT2D eigenvalue weighted by Gasteiger charge is 2.28. The van der Waals surface area contributed by atoms with Crippen LogP contribution in [0.1, 0.15) is 25.3 Å². The van der Waals surface area contributed by atoms with E-state index in [0.29, 0.717) is 5.89 Å². The van der Waals surface area contributed by atoms with Crippen LogP contribution in [-0.4, -0.2) is 4.98 Å². The molecular formula is C19H16N2OS. The van der Waals surface area contributed by atoms with Gasteiger partial charge in [-0.15, -0.1) is 0 Å². The average molecular weight is 320 g/mol. The largest absolute Gasteiger partial charge is 0.440 e. The summed E-state index contributed by atoms with van der Waals surface area (Å²) in [5.74, 6) is 0.712. The number of nitrogens with zero attached hydrogens (tertiary/aromatic N) is 2. The van der Waals surface area contributed by atoms with E-state index in [1.54, 1.807) is 5.41 Å². The minimum absolute atomic E-state index is 0.315. The number of oxazole rings is 1. The molecule has 0 aliphatic carbocycles. The number of rotatable bonds is 4. The Morgan fingerprint density at radius 3 is 2.57 bits per heavy atom. The van der Waals surface area contributed by atoms with E-state index < -0.39 is 0 Å². The maximum absolute atomic E-state index is 8.51. The molecule has 114 valence electrons. The van der Waals surface area contributed by atoms with Crippen LogP contribution in [0.25, 0.3) is 11.1 Å². The molecule has 1 heterocycles. The van der Waals surface area contributed by atoms with Crippen LogP contribution in [0.3, 0.4) is 0 Å². The summed E-state index contributed by atoms with van der Waals surface area (Å²) in [6.07, 6.45) is 1.47. The second kappa shape index (κ2) is 6.31. The van der Waals surface area contributed by atoms with Gasteiger partial charge in [0, 0.05) is 11.0 Å². The summed E-state index contributed by atoms with van der Waals surface area (Å²) in [4.78, 5) is 5.72. The molecule has 0 saturated carbocycles. The molecule has 0 unspecified atom stereocenters. The predicted molar refractivity (Wildman–Crippen MR) is 93.2 cm³/mol. The Kier molecular flexibility index (Phi) is 4.22. The fraction of sp³-hybridized carbons (Fsp3) is 0.158. The zero-order chi connectivity index (χ0) is 16.3. The Balaban J connectivity index is 1.89. The lowest BCUT2D eigenvalue weighted by Crippen LogP contribution is -2.19. The van der Waals surface area contributed by atoms with Gasteiger partial charge in [-0.3, -0.25) is 0 Å². The van der Waals surface area contributed by atoms with Gasteiger partial charge in [-0.25, -0.2) is 4.98 Å². The molecule has 0 N–H and O–H groups in total. The molecule has 3 nitrogen and oxygen atoms in total. The highest BCUT2D eigenvalue weighted by atomic mass is 32.2. The molecule has 0 spiro atoms. The third-order valence-corrected chi connectivity index (χ3v) is 4.57. The summed E-state index contributed by atoms with van der Waals surface area (Å²) in [5, 5.41) is 10.3. The molecule has 0 saturated heterocycles. The van der Waals surface area contributed by atoms with Gasteiger partial charge in [0.1, 0.15) is 5.52 Å². The molecule has 0 fully saturated rings. The first-order valence-electron chi connectivity index (χ1n) is 7.29. The summed E-state index contributed by atoms with van der Waals surface area (Å²) in [6, 6.07) is 18.0. The minimum Gasteiger partial charge on any atom is -0.440 e. The van der Waals surface area contributed by atoms with Crippen molar-refractivity contribution in [3.8, 4) is 6.07 Å². The Hall–Kier alpha value is -2.51. The van der Waals surface area contributed by atoms with Crippen LogP contribution in [0.5, 0.6) is 0 Å². The van der Waals surface area contributed by atoms with Crippen molar-refractivity contribution in [1.82, 2.24) is 4.98 Å². The summed E-state index contributed by atoms with van der Waals surface area (Å²) in [5.41, 5.74) is 2.51. The molecule has 23 heavy (non-hydrogen) atoms. The van der Waals surface area contributed by atoms with E-state index in [1.807, 2.05) is 42.5 Å². The van der Waals surface area contributed by atoms with Crippen LogP contribution in [-0.2, 0) is 5.41 Å². The molecule has 0 amide bonds. The summed E-state index contributed by atoms with van der Waals surface area (Å²) >= 11 is 1.52. The van der Waals surface area contributed by atoms with Gasteiger partial charge in [0.2, 0.25) is 5.89 Å². The molecule has 4 heteroatoms.